The third kappa shape index (κ3) is 5.02. The van der Waals surface area contributed by atoms with E-state index < -0.39 is 11.4 Å². The fraction of sp³-hybridized carbons (Fsp3) is 0.143. The van der Waals surface area contributed by atoms with Crippen LogP contribution in [-0.4, -0.2) is 32.8 Å². The van der Waals surface area contributed by atoms with Crippen molar-refractivity contribution < 1.29 is 4.39 Å². The highest BCUT2D eigenvalue weighted by Gasteiger charge is 2.34. The molecule has 0 saturated heterocycles. The van der Waals surface area contributed by atoms with Crippen LogP contribution in [0.25, 0.3) is 10.9 Å². The first-order chi connectivity index (χ1) is 19.8. The maximum atomic E-state index is 13.7. The van der Waals surface area contributed by atoms with E-state index in [4.69, 9.17) is 23.2 Å². The number of aromatic nitrogens is 5. The first kappa shape index (κ1) is 26.5. The Balaban J connectivity index is 1.49. The van der Waals surface area contributed by atoms with Gasteiger partial charge >= 0.3 is 0 Å². The molecular formula is C28H19BCl2FN9. The Kier molecular flexibility index (Phi) is 6.70. The van der Waals surface area contributed by atoms with Gasteiger partial charge < -0.3 is 10.6 Å². The molecule has 0 aliphatic heterocycles. The van der Waals surface area contributed by atoms with Gasteiger partial charge in [-0.1, -0.05) is 40.5 Å². The average molecular weight is 582 g/mol. The van der Waals surface area contributed by atoms with Crippen molar-refractivity contribution in [1.82, 2.24) is 25.0 Å². The van der Waals surface area contributed by atoms with E-state index >= 15 is 0 Å². The zero-order valence-corrected chi connectivity index (χ0v) is 23.0. The summed E-state index contributed by atoms with van der Waals surface area (Å²) in [4.78, 5) is 8.06. The van der Waals surface area contributed by atoms with E-state index in [2.05, 4.69) is 43.1 Å². The third-order valence-electron chi connectivity index (χ3n) is 7.02. The Bertz CT molecular complexity index is 1910. The second kappa shape index (κ2) is 10.4. The van der Waals surface area contributed by atoms with Gasteiger partial charge in [-0.2, -0.15) is 14.9 Å². The lowest BCUT2D eigenvalue weighted by atomic mass is 9.69. The number of nitrogens with one attached hydrogen (secondary N) is 2. The van der Waals surface area contributed by atoms with Crippen LogP contribution in [0, 0.1) is 28.6 Å². The van der Waals surface area contributed by atoms with Crippen molar-refractivity contribution in [3.63, 3.8) is 0 Å². The first-order valence-corrected chi connectivity index (χ1v) is 13.4. The van der Waals surface area contributed by atoms with Crippen LogP contribution in [0.3, 0.4) is 0 Å². The van der Waals surface area contributed by atoms with Gasteiger partial charge in [0.05, 0.1) is 68.0 Å². The molecule has 13 heteroatoms. The predicted molar refractivity (Wildman–Crippen MR) is 156 cm³/mol. The lowest BCUT2D eigenvalue weighted by molar-refractivity contribution is 0.584. The zero-order valence-electron chi connectivity index (χ0n) is 21.5. The Labute approximate surface area is 245 Å². The number of nitriles is 2. The van der Waals surface area contributed by atoms with Crippen LogP contribution in [0.4, 0.5) is 21.5 Å². The molecule has 0 radical (unpaired) electrons. The molecule has 1 fully saturated rings. The summed E-state index contributed by atoms with van der Waals surface area (Å²) in [6.45, 7) is 0. The van der Waals surface area contributed by atoms with Crippen LogP contribution in [-0.2, 0) is 5.44 Å². The SMILES string of the molecule is BC(Nc1cc(Cl)c2ncc(C#N)c(Nc3cnc(F)c(Cl)c3)c2c1)(c1cccc(C#N)c1)c1cn(C2CC2)nn1. The lowest BCUT2D eigenvalue weighted by Gasteiger charge is -2.31. The number of hydrogen-bond donors (Lipinski definition) is 2. The quantitative estimate of drug-likeness (QED) is 0.192. The van der Waals surface area contributed by atoms with E-state index in [1.54, 1.807) is 18.2 Å². The standard InChI is InChI=1S/C28H19BCl2FN9/c29-28(17-3-1-2-15(6-17)10-33,24-14-41(40-39-24)20-4-5-20)38-18-7-21-25(37-19-9-23(31)27(32)36-13-19)16(11-34)12-35-26(21)22(30)8-18/h1-3,6-9,12-14,20,38H,4-5,29H2,(H,35,37). The molecule has 1 atom stereocenters. The highest BCUT2D eigenvalue weighted by Crippen LogP contribution is 2.39. The summed E-state index contributed by atoms with van der Waals surface area (Å²) in [6, 6.07) is 16.9. The molecule has 1 aliphatic carbocycles. The number of halogens is 3. The summed E-state index contributed by atoms with van der Waals surface area (Å²) in [7, 11) is 1.96. The van der Waals surface area contributed by atoms with Gasteiger partial charge in [0.25, 0.3) is 0 Å². The number of rotatable bonds is 7. The largest absolute Gasteiger partial charge is 0.378 e. The van der Waals surface area contributed by atoms with E-state index in [-0.39, 0.29) is 10.6 Å². The minimum absolute atomic E-state index is 0.165. The maximum Gasteiger partial charge on any atom is 0.231 e. The van der Waals surface area contributed by atoms with Gasteiger partial charge in [0.2, 0.25) is 5.95 Å². The summed E-state index contributed by atoms with van der Waals surface area (Å²) < 4.78 is 15.6. The van der Waals surface area contributed by atoms with E-state index in [1.165, 1.54) is 18.5 Å². The van der Waals surface area contributed by atoms with Gasteiger partial charge in [0, 0.05) is 17.3 Å². The second-order valence-electron chi connectivity index (χ2n) is 9.89. The summed E-state index contributed by atoms with van der Waals surface area (Å²) in [5.41, 5.74) is 3.11. The van der Waals surface area contributed by atoms with Crippen molar-refractivity contribution in [2.45, 2.75) is 24.3 Å². The van der Waals surface area contributed by atoms with E-state index in [0.717, 1.165) is 18.4 Å². The van der Waals surface area contributed by atoms with Crippen LogP contribution >= 0.6 is 23.2 Å². The molecule has 3 heterocycles. The fourth-order valence-electron chi connectivity index (χ4n) is 4.68. The Morgan fingerprint density at radius 2 is 1.83 bits per heavy atom. The van der Waals surface area contributed by atoms with E-state index in [9.17, 15) is 14.9 Å². The summed E-state index contributed by atoms with van der Waals surface area (Å²) in [5, 5.41) is 35.7. The molecule has 2 aromatic carbocycles. The van der Waals surface area contributed by atoms with Crippen molar-refractivity contribution in [1.29, 1.82) is 10.5 Å². The molecule has 1 aliphatic rings. The number of nitrogens with zero attached hydrogens (tertiary/aromatic N) is 7. The molecule has 2 N–H and O–H groups in total. The van der Waals surface area contributed by atoms with Crippen LogP contribution < -0.4 is 10.6 Å². The van der Waals surface area contributed by atoms with Crippen molar-refractivity contribution in [2.75, 3.05) is 10.6 Å². The van der Waals surface area contributed by atoms with Gasteiger partial charge in [-0.15, -0.1) is 5.10 Å². The van der Waals surface area contributed by atoms with Crippen LogP contribution in [0.1, 0.15) is 41.3 Å². The molecule has 5 aromatic rings. The predicted octanol–water partition coefficient (Wildman–Crippen LogP) is 5.44. The Morgan fingerprint density at radius 1 is 1.02 bits per heavy atom. The molecule has 200 valence electrons. The molecule has 41 heavy (non-hydrogen) atoms. The molecule has 9 nitrogen and oxygen atoms in total. The molecular weight excluding hydrogens is 563 g/mol. The van der Waals surface area contributed by atoms with Gasteiger partial charge in [-0.05, 0) is 48.7 Å². The maximum absolute atomic E-state index is 13.7. The lowest BCUT2D eigenvalue weighted by Crippen LogP contribution is -2.38. The Hall–Kier alpha value is -4.71. The van der Waals surface area contributed by atoms with Gasteiger partial charge in [0.15, 0.2) is 0 Å². The summed E-state index contributed by atoms with van der Waals surface area (Å²) in [6.07, 6.45) is 6.71. The van der Waals surface area contributed by atoms with Crippen LogP contribution in [0.2, 0.25) is 10.0 Å². The van der Waals surface area contributed by atoms with Gasteiger partial charge in [0.1, 0.15) is 19.6 Å². The molecule has 0 spiro atoms. The highest BCUT2D eigenvalue weighted by atomic mass is 35.5. The van der Waals surface area contributed by atoms with E-state index in [1.807, 2.05) is 36.9 Å². The minimum atomic E-state index is -0.917. The average Bonchev–Trinajstić information content (AvgIpc) is 3.70. The minimum Gasteiger partial charge on any atom is -0.378 e. The first-order valence-electron chi connectivity index (χ1n) is 12.6. The number of anilines is 3. The van der Waals surface area contributed by atoms with Crippen molar-refractivity contribution >= 4 is 59.0 Å². The topological polar surface area (TPSA) is 128 Å². The molecule has 6 rings (SSSR count). The molecule has 0 bridgehead atoms. The number of fused-ring (bicyclic) bond motifs is 1. The summed E-state index contributed by atoms with van der Waals surface area (Å²) >= 11 is 12.7. The number of benzene rings is 2. The number of hydrogen-bond acceptors (Lipinski definition) is 8. The van der Waals surface area contributed by atoms with Gasteiger partial charge in [-0.25, -0.2) is 9.67 Å². The van der Waals surface area contributed by atoms with Crippen LogP contribution in [0.15, 0.2) is 61.1 Å². The van der Waals surface area contributed by atoms with Crippen LogP contribution in [0.5, 0.6) is 0 Å². The molecule has 3 aromatic heterocycles. The second-order valence-corrected chi connectivity index (χ2v) is 10.7. The zero-order chi connectivity index (χ0) is 28.7. The van der Waals surface area contributed by atoms with Crippen molar-refractivity contribution in [3.8, 4) is 12.1 Å². The number of pyridine rings is 2. The molecule has 1 unspecified atom stereocenters. The van der Waals surface area contributed by atoms with Crippen molar-refractivity contribution in [2.24, 2.45) is 0 Å². The Morgan fingerprint density at radius 3 is 2.56 bits per heavy atom. The third-order valence-corrected chi connectivity index (χ3v) is 7.57. The molecule has 1 saturated carbocycles. The smallest absolute Gasteiger partial charge is 0.231 e. The fourth-order valence-corrected chi connectivity index (χ4v) is 5.12. The highest BCUT2D eigenvalue weighted by molar-refractivity contribution is 6.36. The van der Waals surface area contributed by atoms with Crippen molar-refractivity contribution in [3.05, 3.63) is 99.4 Å². The molecule has 0 amide bonds. The van der Waals surface area contributed by atoms with E-state index in [0.29, 0.717) is 50.3 Å². The monoisotopic (exact) mass is 581 g/mol. The van der Waals surface area contributed by atoms with Gasteiger partial charge in [-0.3, -0.25) is 4.98 Å². The summed E-state index contributed by atoms with van der Waals surface area (Å²) in [5.74, 6) is -0.801. The normalized spacial score (nSPS) is 14.2.